The van der Waals surface area contributed by atoms with E-state index in [2.05, 4.69) is 25.7 Å². The van der Waals surface area contributed by atoms with E-state index in [9.17, 15) is 0 Å². The summed E-state index contributed by atoms with van der Waals surface area (Å²) in [5.74, 6) is 1.51. The number of nitrogens with one attached hydrogen (secondary N) is 1. The van der Waals surface area contributed by atoms with E-state index in [4.69, 9.17) is 5.41 Å². The van der Waals surface area contributed by atoms with Crippen molar-refractivity contribution in [3.63, 3.8) is 0 Å². The minimum Gasteiger partial charge on any atom is -0.357 e. The standard InChI is InChI=1S/C12H24N2/c1-4-12(13)14(9-10(2)3)11-7-5-6-8-11/h10-11,13H,4-9H2,1-3H3. The van der Waals surface area contributed by atoms with Gasteiger partial charge in [-0.3, -0.25) is 5.41 Å². The molecule has 14 heavy (non-hydrogen) atoms. The highest BCUT2D eigenvalue weighted by molar-refractivity contribution is 5.79. The van der Waals surface area contributed by atoms with Gasteiger partial charge in [-0.2, -0.15) is 0 Å². The maximum atomic E-state index is 7.98. The van der Waals surface area contributed by atoms with Gasteiger partial charge in [0.15, 0.2) is 0 Å². The highest BCUT2D eigenvalue weighted by Crippen LogP contribution is 2.24. The lowest BCUT2D eigenvalue weighted by Gasteiger charge is -2.32. The van der Waals surface area contributed by atoms with E-state index in [0.29, 0.717) is 12.0 Å². The Balaban J connectivity index is 2.55. The third-order valence-corrected chi connectivity index (χ3v) is 3.01. The van der Waals surface area contributed by atoms with Crippen molar-refractivity contribution in [2.45, 2.75) is 58.9 Å². The highest BCUT2D eigenvalue weighted by atomic mass is 15.2. The Bertz CT molecular complexity index is 181. The second-order valence-corrected chi connectivity index (χ2v) is 4.78. The Morgan fingerprint density at radius 2 is 1.93 bits per heavy atom. The summed E-state index contributed by atoms with van der Waals surface area (Å²) in [6.07, 6.45) is 6.19. The molecular formula is C12H24N2. The summed E-state index contributed by atoms with van der Waals surface area (Å²) in [7, 11) is 0. The molecule has 2 nitrogen and oxygen atoms in total. The molecule has 1 aliphatic rings. The number of nitrogens with zero attached hydrogens (tertiary/aromatic N) is 1. The molecule has 1 rings (SSSR count). The van der Waals surface area contributed by atoms with Crippen molar-refractivity contribution < 1.29 is 0 Å². The van der Waals surface area contributed by atoms with Gasteiger partial charge in [-0.1, -0.05) is 33.6 Å². The zero-order valence-corrected chi connectivity index (χ0v) is 9.84. The van der Waals surface area contributed by atoms with Crippen LogP contribution in [0.3, 0.4) is 0 Å². The summed E-state index contributed by atoms with van der Waals surface area (Å²) < 4.78 is 0. The Labute approximate surface area is 88.2 Å². The van der Waals surface area contributed by atoms with Gasteiger partial charge in [-0.05, 0) is 18.8 Å². The number of rotatable bonds is 4. The number of hydrogen-bond donors (Lipinski definition) is 1. The Kier molecular flexibility index (Phi) is 4.43. The fraction of sp³-hybridized carbons (Fsp3) is 0.917. The van der Waals surface area contributed by atoms with Gasteiger partial charge in [0.25, 0.3) is 0 Å². The maximum Gasteiger partial charge on any atom is 0.0957 e. The normalized spacial score (nSPS) is 17.7. The smallest absolute Gasteiger partial charge is 0.0957 e. The van der Waals surface area contributed by atoms with Crippen molar-refractivity contribution in [1.82, 2.24) is 4.90 Å². The molecule has 0 bridgehead atoms. The van der Waals surface area contributed by atoms with Crippen molar-refractivity contribution in [2.24, 2.45) is 5.92 Å². The SMILES string of the molecule is CCC(=N)N(CC(C)C)C1CCCC1. The van der Waals surface area contributed by atoms with Crippen molar-refractivity contribution in [2.75, 3.05) is 6.54 Å². The van der Waals surface area contributed by atoms with Crippen LogP contribution in [0, 0.1) is 11.3 Å². The van der Waals surface area contributed by atoms with Crippen LogP contribution in [0.5, 0.6) is 0 Å². The average Bonchev–Trinajstić information content (AvgIpc) is 2.65. The first kappa shape index (κ1) is 11.5. The van der Waals surface area contributed by atoms with Crippen molar-refractivity contribution in [1.29, 1.82) is 5.41 Å². The third kappa shape index (κ3) is 3.00. The summed E-state index contributed by atoms with van der Waals surface area (Å²) in [6.45, 7) is 7.64. The molecular weight excluding hydrogens is 172 g/mol. The van der Waals surface area contributed by atoms with Gasteiger partial charge in [0, 0.05) is 19.0 Å². The topological polar surface area (TPSA) is 27.1 Å². The average molecular weight is 196 g/mol. The first-order valence-electron chi connectivity index (χ1n) is 5.99. The fourth-order valence-corrected chi connectivity index (χ4v) is 2.29. The van der Waals surface area contributed by atoms with Crippen LogP contribution in [0.4, 0.5) is 0 Å². The molecule has 1 aliphatic carbocycles. The largest absolute Gasteiger partial charge is 0.357 e. The van der Waals surface area contributed by atoms with Gasteiger partial charge in [-0.25, -0.2) is 0 Å². The maximum absolute atomic E-state index is 7.98. The van der Waals surface area contributed by atoms with Crippen LogP contribution in [-0.4, -0.2) is 23.3 Å². The van der Waals surface area contributed by atoms with Crippen molar-refractivity contribution in [3.05, 3.63) is 0 Å². The van der Waals surface area contributed by atoms with Crippen LogP contribution < -0.4 is 0 Å². The van der Waals surface area contributed by atoms with Crippen molar-refractivity contribution in [3.8, 4) is 0 Å². The van der Waals surface area contributed by atoms with Crippen LogP contribution in [0.15, 0.2) is 0 Å². The second-order valence-electron chi connectivity index (χ2n) is 4.78. The zero-order valence-electron chi connectivity index (χ0n) is 9.84. The van der Waals surface area contributed by atoms with E-state index in [0.717, 1.165) is 18.8 Å². The van der Waals surface area contributed by atoms with Gasteiger partial charge in [-0.15, -0.1) is 0 Å². The molecule has 1 fully saturated rings. The van der Waals surface area contributed by atoms with Gasteiger partial charge in [0.05, 0.1) is 5.84 Å². The Morgan fingerprint density at radius 1 is 1.36 bits per heavy atom. The summed E-state index contributed by atoms with van der Waals surface area (Å²) >= 11 is 0. The van der Waals surface area contributed by atoms with E-state index < -0.39 is 0 Å². The molecule has 0 aromatic rings. The molecule has 1 N–H and O–H groups in total. The van der Waals surface area contributed by atoms with Gasteiger partial charge in [0.2, 0.25) is 0 Å². The third-order valence-electron chi connectivity index (χ3n) is 3.01. The molecule has 0 amide bonds. The van der Waals surface area contributed by atoms with Gasteiger partial charge >= 0.3 is 0 Å². The molecule has 2 heteroatoms. The molecule has 0 radical (unpaired) electrons. The van der Waals surface area contributed by atoms with E-state index in [1.165, 1.54) is 25.7 Å². The second kappa shape index (κ2) is 5.38. The summed E-state index contributed by atoms with van der Waals surface area (Å²) in [4.78, 5) is 2.34. The van der Waals surface area contributed by atoms with Crippen LogP contribution in [0.2, 0.25) is 0 Å². The first-order chi connectivity index (χ1) is 6.65. The zero-order chi connectivity index (χ0) is 10.6. The fourth-order valence-electron chi connectivity index (χ4n) is 2.29. The van der Waals surface area contributed by atoms with Crippen LogP contribution in [0.1, 0.15) is 52.9 Å². The molecule has 0 aromatic heterocycles. The molecule has 1 saturated carbocycles. The highest BCUT2D eigenvalue weighted by Gasteiger charge is 2.24. The molecule has 0 atom stereocenters. The lowest BCUT2D eigenvalue weighted by Crippen LogP contribution is -2.40. The molecule has 0 spiro atoms. The van der Waals surface area contributed by atoms with E-state index in [1.807, 2.05) is 0 Å². The molecule has 0 saturated heterocycles. The minimum absolute atomic E-state index is 0.669. The van der Waals surface area contributed by atoms with Crippen LogP contribution >= 0.6 is 0 Å². The summed E-state index contributed by atoms with van der Waals surface area (Å²) in [5, 5.41) is 7.98. The molecule has 0 unspecified atom stereocenters. The predicted molar refractivity (Wildman–Crippen MR) is 61.8 cm³/mol. The van der Waals surface area contributed by atoms with Gasteiger partial charge < -0.3 is 4.90 Å². The minimum atomic E-state index is 0.669. The van der Waals surface area contributed by atoms with Crippen LogP contribution in [0.25, 0.3) is 0 Å². The number of hydrogen-bond acceptors (Lipinski definition) is 1. The Hall–Kier alpha value is -0.530. The molecule has 0 aromatic carbocycles. The molecule has 82 valence electrons. The van der Waals surface area contributed by atoms with E-state index >= 15 is 0 Å². The van der Waals surface area contributed by atoms with E-state index in [-0.39, 0.29) is 0 Å². The molecule has 0 aliphatic heterocycles. The quantitative estimate of drug-likeness (QED) is 0.542. The van der Waals surface area contributed by atoms with Crippen LogP contribution in [-0.2, 0) is 0 Å². The number of amidine groups is 1. The van der Waals surface area contributed by atoms with Crippen molar-refractivity contribution >= 4 is 5.84 Å². The predicted octanol–water partition coefficient (Wildman–Crippen LogP) is 3.27. The lowest BCUT2D eigenvalue weighted by molar-refractivity contribution is 0.277. The lowest BCUT2D eigenvalue weighted by atomic mass is 10.1. The summed E-state index contributed by atoms with van der Waals surface area (Å²) in [5.41, 5.74) is 0. The summed E-state index contributed by atoms with van der Waals surface area (Å²) in [6, 6.07) is 0.671. The van der Waals surface area contributed by atoms with Gasteiger partial charge in [0.1, 0.15) is 0 Å². The first-order valence-corrected chi connectivity index (χ1v) is 5.99. The molecule has 0 heterocycles. The Morgan fingerprint density at radius 3 is 2.36 bits per heavy atom. The monoisotopic (exact) mass is 196 g/mol. The van der Waals surface area contributed by atoms with E-state index in [1.54, 1.807) is 0 Å².